The zero-order chi connectivity index (χ0) is 21.3. The first-order chi connectivity index (χ1) is 14.2. The molecule has 0 radical (unpaired) electrons. The Morgan fingerprint density at radius 2 is 1.37 bits per heavy atom. The first-order valence-corrected chi connectivity index (χ1v) is 15.7. The number of aliphatic hydroxyl groups is 1. The molecule has 0 bridgehead atoms. The van der Waals surface area contributed by atoms with Crippen LogP contribution in [-0.4, -0.2) is 26.6 Å². The third-order valence-corrected chi connectivity index (χ3v) is 14.4. The summed E-state index contributed by atoms with van der Waals surface area (Å²) in [4.78, 5) is 0. The second kappa shape index (κ2) is 7.59. The van der Waals surface area contributed by atoms with E-state index >= 15 is 0 Å². The summed E-state index contributed by atoms with van der Waals surface area (Å²) in [6.07, 6.45) is 15.9. The van der Waals surface area contributed by atoms with Crippen LogP contribution < -0.4 is 0 Å². The van der Waals surface area contributed by atoms with Gasteiger partial charge in [-0.2, -0.15) is 0 Å². The predicted molar refractivity (Wildman–Crippen MR) is 126 cm³/mol. The van der Waals surface area contributed by atoms with Gasteiger partial charge in [0.05, 0.1) is 6.61 Å². The van der Waals surface area contributed by atoms with Gasteiger partial charge in [-0.15, -0.1) is 0 Å². The molecule has 5 aliphatic rings. The minimum atomic E-state index is -1.57. The highest BCUT2D eigenvalue weighted by molar-refractivity contribution is 6.74. The SMILES string of the molecule is CC(C)(C)[Si](C)(C)OC[C@@H]1C[C@H]1[C@@H]1C[C@H]1[C@@H]1C[C@H]1[C@@H]1C[C@H]1[C@@H]1C[C@H]1/C=C/C=C/CO. The second-order valence-electron chi connectivity index (χ2n) is 13.0. The normalized spacial score (nSPS) is 47.1. The van der Waals surface area contributed by atoms with Crippen LogP contribution in [0.3, 0.4) is 0 Å². The van der Waals surface area contributed by atoms with E-state index in [4.69, 9.17) is 9.53 Å². The molecular weight excluding hydrogens is 384 g/mol. The second-order valence-corrected chi connectivity index (χ2v) is 17.8. The quantitative estimate of drug-likeness (QED) is 0.327. The van der Waals surface area contributed by atoms with Crippen molar-refractivity contribution in [2.45, 2.75) is 71.0 Å². The van der Waals surface area contributed by atoms with E-state index in [0.717, 1.165) is 65.8 Å². The molecule has 5 rings (SSSR count). The summed E-state index contributed by atoms with van der Waals surface area (Å²) in [6, 6.07) is 0. The fourth-order valence-electron chi connectivity index (χ4n) is 6.48. The van der Waals surface area contributed by atoms with Gasteiger partial charge in [0.15, 0.2) is 8.32 Å². The van der Waals surface area contributed by atoms with Crippen LogP contribution in [0.25, 0.3) is 0 Å². The first kappa shape index (κ1) is 21.5. The maximum absolute atomic E-state index is 8.81. The Morgan fingerprint density at radius 1 is 0.800 bits per heavy atom. The highest BCUT2D eigenvalue weighted by atomic mass is 28.4. The van der Waals surface area contributed by atoms with E-state index in [-0.39, 0.29) is 6.61 Å². The van der Waals surface area contributed by atoms with Crippen LogP contribution in [0, 0.1) is 59.2 Å². The average Bonchev–Trinajstić information content (AvgIpc) is 3.48. The lowest BCUT2D eigenvalue weighted by Gasteiger charge is -2.36. The Labute approximate surface area is 185 Å². The van der Waals surface area contributed by atoms with Crippen molar-refractivity contribution in [1.82, 2.24) is 0 Å². The van der Waals surface area contributed by atoms with Crippen molar-refractivity contribution in [2.75, 3.05) is 13.2 Å². The van der Waals surface area contributed by atoms with Crippen LogP contribution in [0.2, 0.25) is 18.1 Å². The molecule has 0 spiro atoms. The van der Waals surface area contributed by atoms with Gasteiger partial charge in [-0.1, -0.05) is 45.1 Å². The third kappa shape index (κ3) is 4.41. The maximum atomic E-state index is 8.81. The number of allylic oxidation sites excluding steroid dienone is 3. The van der Waals surface area contributed by atoms with Gasteiger partial charge in [0, 0.05) is 6.61 Å². The van der Waals surface area contributed by atoms with Gasteiger partial charge in [-0.25, -0.2) is 0 Å². The van der Waals surface area contributed by atoms with Crippen molar-refractivity contribution in [3.05, 3.63) is 24.3 Å². The van der Waals surface area contributed by atoms with Crippen molar-refractivity contribution >= 4 is 8.32 Å². The predicted octanol–water partition coefficient (Wildman–Crippen LogP) is 6.29. The Balaban J connectivity index is 0.997. The van der Waals surface area contributed by atoms with Crippen molar-refractivity contribution < 1.29 is 9.53 Å². The molecule has 1 N–H and O–H groups in total. The summed E-state index contributed by atoms with van der Waals surface area (Å²) in [6.45, 7) is 13.1. The topological polar surface area (TPSA) is 29.5 Å². The van der Waals surface area contributed by atoms with Gasteiger partial charge in [0.1, 0.15) is 0 Å². The molecule has 5 fully saturated rings. The Bertz CT molecular complexity index is 704. The molecule has 3 heteroatoms. The molecule has 0 amide bonds. The van der Waals surface area contributed by atoms with Crippen LogP contribution >= 0.6 is 0 Å². The zero-order valence-corrected chi connectivity index (χ0v) is 20.9. The highest BCUT2D eigenvalue weighted by Crippen LogP contribution is 2.72. The van der Waals surface area contributed by atoms with Crippen LogP contribution in [0.1, 0.15) is 52.9 Å². The van der Waals surface area contributed by atoms with Gasteiger partial charge in [-0.05, 0) is 109 Å². The summed E-state index contributed by atoms with van der Waals surface area (Å²) in [5.74, 6) is 10.2. The number of hydrogen-bond acceptors (Lipinski definition) is 2. The van der Waals surface area contributed by atoms with E-state index in [1.807, 2.05) is 12.2 Å². The minimum absolute atomic E-state index is 0.152. The molecule has 0 unspecified atom stereocenters. The molecule has 5 aliphatic carbocycles. The summed E-state index contributed by atoms with van der Waals surface area (Å²) in [5.41, 5.74) is 0. The molecule has 0 heterocycles. The third-order valence-electron chi connectivity index (χ3n) is 9.92. The van der Waals surface area contributed by atoms with E-state index in [9.17, 15) is 0 Å². The van der Waals surface area contributed by atoms with E-state index < -0.39 is 8.32 Å². The smallest absolute Gasteiger partial charge is 0.191 e. The lowest BCUT2D eigenvalue weighted by atomic mass is 10.1. The zero-order valence-electron chi connectivity index (χ0n) is 19.9. The number of hydrogen-bond donors (Lipinski definition) is 1. The summed E-state index contributed by atoms with van der Waals surface area (Å²) in [5, 5.41) is 9.15. The monoisotopic (exact) mass is 428 g/mol. The molecule has 0 aromatic carbocycles. The molecular formula is C27H44O2Si. The van der Waals surface area contributed by atoms with E-state index in [1.165, 1.54) is 19.3 Å². The van der Waals surface area contributed by atoms with Crippen molar-refractivity contribution in [1.29, 1.82) is 0 Å². The lowest BCUT2D eigenvalue weighted by Crippen LogP contribution is -2.41. The Morgan fingerprint density at radius 3 is 1.93 bits per heavy atom. The fourth-order valence-corrected chi connectivity index (χ4v) is 7.54. The first-order valence-electron chi connectivity index (χ1n) is 12.8. The molecule has 168 valence electrons. The summed E-state index contributed by atoms with van der Waals surface area (Å²) >= 11 is 0. The van der Waals surface area contributed by atoms with Crippen LogP contribution in [0.5, 0.6) is 0 Å². The molecule has 0 aromatic heterocycles. The van der Waals surface area contributed by atoms with Crippen molar-refractivity contribution in [2.24, 2.45) is 59.2 Å². The van der Waals surface area contributed by atoms with Crippen molar-refractivity contribution in [3.63, 3.8) is 0 Å². The molecule has 10 atom stereocenters. The molecule has 0 aliphatic heterocycles. The Kier molecular flexibility index (Phi) is 5.43. The van der Waals surface area contributed by atoms with Crippen LogP contribution in [0.15, 0.2) is 24.3 Å². The van der Waals surface area contributed by atoms with Crippen LogP contribution in [-0.2, 0) is 4.43 Å². The minimum Gasteiger partial charge on any atom is -0.417 e. The molecule has 30 heavy (non-hydrogen) atoms. The van der Waals surface area contributed by atoms with Gasteiger partial charge >= 0.3 is 0 Å². The largest absolute Gasteiger partial charge is 0.417 e. The van der Waals surface area contributed by atoms with Gasteiger partial charge in [0.2, 0.25) is 0 Å². The van der Waals surface area contributed by atoms with E-state index in [1.54, 1.807) is 12.8 Å². The summed E-state index contributed by atoms with van der Waals surface area (Å²) in [7, 11) is -1.57. The maximum Gasteiger partial charge on any atom is 0.191 e. The van der Waals surface area contributed by atoms with E-state index in [2.05, 4.69) is 46.0 Å². The fraction of sp³-hybridized carbons (Fsp3) is 0.852. The van der Waals surface area contributed by atoms with Crippen LogP contribution in [0.4, 0.5) is 0 Å². The molecule has 5 saturated carbocycles. The average molecular weight is 429 g/mol. The number of aliphatic hydroxyl groups excluding tert-OH is 1. The van der Waals surface area contributed by atoms with Gasteiger partial charge < -0.3 is 9.53 Å². The van der Waals surface area contributed by atoms with E-state index in [0.29, 0.717) is 5.04 Å². The molecule has 0 saturated heterocycles. The van der Waals surface area contributed by atoms with Gasteiger partial charge in [0.25, 0.3) is 0 Å². The lowest BCUT2D eigenvalue weighted by molar-refractivity contribution is 0.261. The highest BCUT2D eigenvalue weighted by Gasteiger charge is 2.66. The summed E-state index contributed by atoms with van der Waals surface area (Å²) < 4.78 is 6.52. The molecule has 2 nitrogen and oxygen atoms in total. The Hall–Kier alpha value is -0.383. The van der Waals surface area contributed by atoms with Crippen molar-refractivity contribution in [3.8, 4) is 0 Å². The van der Waals surface area contributed by atoms with Gasteiger partial charge in [-0.3, -0.25) is 0 Å². The standard InChI is InChI=1S/C27H44O2Si/c1-27(2,3)30(4,5)29-16-18-12-20(18)22-14-24(22)26-15-25(26)23-13-21(23)19-11-17(19)9-7-6-8-10-28/h6-9,17-26,28H,10-16H2,1-5H3/b8-6+,9-7+/t17-,18+,19-,20-,21+,22+,23-,24-,25+,26+/m1/s1. The molecule has 0 aromatic rings. The number of rotatable bonds is 10.